The molecule has 0 saturated heterocycles. The summed E-state index contributed by atoms with van der Waals surface area (Å²) in [6.45, 7) is 4.83. The quantitative estimate of drug-likeness (QED) is 0.853. The van der Waals surface area contributed by atoms with Crippen LogP contribution in [0.15, 0.2) is 34.7 Å². The van der Waals surface area contributed by atoms with Gasteiger partial charge in [-0.3, -0.25) is 9.59 Å². The van der Waals surface area contributed by atoms with Crippen LogP contribution in [0, 0.1) is 0 Å². The smallest absolute Gasteiger partial charge is 0.251 e. The molecule has 0 unspecified atom stereocenters. The summed E-state index contributed by atoms with van der Waals surface area (Å²) in [4.78, 5) is 22.7. The lowest BCUT2D eigenvalue weighted by molar-refractivity contribution is 0.0929. The number of hydrogen-bond donors (Lipinski definition) is 1. The van der Waals surface area contributed by atoms with Crippen molar-refractivity contribution in [2.75, 3.05) is 6.54 Å². The van der Waals surface area contributed by atoms with Crippen LogP contribution >= 0.6 is 0 Å². The minimum atomic E-state index is -0.0844. The van der Waals surface area contributed by atoms with Gasteiger partial charge in [-0.1, -0.05) is 26.0 Å². The number of rotatable bonds is 2. The Kier molecular flexibility index (Phi) is 2.74. The lowest BCUT2D eigenvalue weighted by Gasteiger charge is -2.32. The molecule has 0 saturated carbocycles. The number of furan rings is 1. The van der Waals surface area contributed by atoms with Gasteiger partial charge < -0.3 is 9.73 Å². The highest BCUT2D eigenvalue weighted by atomic mass is 16.3. The van der Waals surface area contributed by atoms with E-state index in [0.717, 1.165) is 11.1 Å². The molecule has 0 atom stereocenters. The SMILES string of the molecule is CC1(C)CNC(=O)c2cc(-c3ccc(C=O)o3)ccc21. The van der Waals surface area contributed by atoms with Crippen molar-refractivity contribution in [1.82, 2.24) is 5.32 Å². The fourth-order valence-electron chi connectivity index (χ4n) is 2.54. The van der Waals surface area contributed by atoms with Crippen LogP contribution in [0.5, 0.6) is 0 Å². The summed E-state index contributed by atoms with van der Waals surface area (Å²) in [6, 6.07) is 9.06. The molecule has 4 nitrogen and oxygen atoms in total. The molecule has 1 amide bonds. The predicted molar refractivity (Wildman–Crippen MR) is 74.9 cm³/mol. The van der Waals surface area contributed by atoms with Gasteiger partial charge in [0, 0.05) is 23.1 Å². The van der Waals surface area contributed by atoms with Crippen LogP contribution in [-0.2, 0) is 5.41 Å². The summed E-state index contributed by atoms with van der Waals surface area (Å²) in [5.41, 5.74) is 2.42. The van der Waals surface area contributed by atoms with Gasteiger partial charge in [0.15, 0.2) is 12.0 Å². The largest absolute Gasteiger partial charge is 0.453 e. The first kappa shape index (κ1) is 12.7. The minimum absolute atomic E-state index is 0.0664. The number of amides is 1. The van der Waals surface area contributed by atoms with E-state index in [9.17, 15) is 9.59 Å². The highest BCUT2D eigenvalue weighted by Crippen LogP contribution is 2.33. The molecule has 0 bridgehead atoms. The van der Waals surface area contributed by atoms with E-state index < -0.39 is 0 Å². The van der Waals surface area contributed by atoms with Gasteiger partial charge in [-0.15, -0.1) is 0 Å². The van der Waals surface area contributed by atoms with Gasteiger partial charge in [-0.25, -0.2) is 0 Å². The van der Waals surface area contributed by atoms with Gasteiger partial charge >= 0.3 is 0 Å². The fourth-order valence-corrected chi connectivity index (χ4v) is 2.54. The highest BCUT2D eigenvalue weighted by molar-refractivity contribution is 5.98. The zero-order valence-electron chi connectivity index (χ0n) is 11.4. The Bertz CT molecular complexity index is 697. The number of fused-ring (bicyclic) bond motifs is 1. The summed E-state index contributed by atoms with van der Waals surface area (Å²) in [6.07, 6.45) is 0.664. The molecular weight excluding hydrogens is 254 g/mol. The predicted octanol–water partition coefficient (Wildman–Crippen LogP) is 2.78. The van der Waals surface area contributed by atoms with E-state index in [4.69, 9.17) is 4.42 Å². The third kappa shape index (κ3) is 1.93. The maximum atomic E-state index is 12.0. The van der Waals surface area contributed by atoms with Crippen molar-refractivity contribution in [2.24, 2.45) is 0 Å². The summed E-state index contributed by atoms with van der Waals surface area (Å²) < 4.78 is 5.40. The van der Waals surface area contributed by atoms with Crippen LogP contribution in [0.25, 0.3) is 11.3 Å². The Morgan fingerprint density at radius 3 is 2.75 bits per heavy atom. The van der Waals surface area contributed by atoms with E-state index in [1.54, 1.807) is 12.1 Å². The number of carbonyl (C=O) groups excluding carboxylic acids is 2. The molecule has 20 heavy (non-hydrogen) atoms. The molecule has 1 aromatic heterocycles. The number of carbonyl (C=O) groups is 2. The third-order valence-electron chi connectivity index (χ3n) is 3.71. The standard InChI is InChI=1S/C16H15NO3/c1-16(2)9-17-15(19)12-7-10(3-5-13(12)16)14-6-4-11(8-18)20-14/h3-8H,9H2,1-2H3,(H,17,19). The van der Waals surface area contributed by atoms with Gasteiger partial charge in [0.1, 0.15) is 5.76 Å². The highest BCUT2D eigenvalue weighted by Gasteiger charge is 2.31. The second kappa shape index (κ2) is 4.34. The van der Waals surface area contributed by atoms with Crippen LogP contribution in [0.3, 0.4) is 0 Å². The minimum Gasteiger partial charge on any atom is -0.453 e. The molecule has 102 valence electrons. The monoisotopic (exact) mass is 269 g/mol. The fraction of sp³-hybridized carbons (Fsp3) is 0.250. The summed E-state index contributed by atoms with van der Waals surface area (Å²) in [5, 5.41) is 2.90. The van der Waals surface area contributed by atoms with Crippen molar-refractivity contribution in [3.63, 3.8) is 0 Å². The van der Waals surface area contributed by atoms with Crippen molar-refractivity contribution in [3.8, 4) is 11.3 Å². The van der Waals surface area contributed by atoms with Crippen molar-refractivity contribution < 1.29 is 14.0 Å². The van der Waals surface area contributed by atoms with Crippen LogP contribution in [-0.4, -0.2) is 18.7 Å². The maximum Gasteiger partial charge on any atom is 0.251 e. The molecule has 0 radical (unpaired) electrons. The Morgan fingerprint density at radius 2 is 2.05 bits per heavy atom. The van der Waals surface area contributed by atoms with Crippen molar-refractivity contribution in [1.29, 1.82) is 0 Å². The van der Waals surface area contributed by atoms with E-state index >= 15 is 0 Å². The number of aldehydes is 1. The zero-order chi connectivity index (χ0) is 14.3. The summed E-state index contributed by atoms with van der Waals surface area (Å²) >= 11 is 0. The summed E-state index contributed by atoms with van der Waals surface area (Å²) in [5.74, 6) is 0.803. The average Bonchev–Trinajstić information content (AvgIpc) is 2.92. The second-order valence-corrected chi connectivity index (χ2v) is 5.65. The number of hydrogen-bond acceptors (Lipinski definition) is 3. The summed E-state index contributed by atoms with van der Waals surface area (Å²) in [7, 11) is 0. The molecule has 1 aliphatic heterocycles. The molecule has 2 aromatic rings. The molecular formula is C16H15NO3. The first-order chi connectivity index (χ1) is 9.51. The number of nitrogens with one attached hydrogen (secondary N) is 1. The molecule has 1 aliphatic rings. The van der Waals surface area contributed by atoms with Crippen molar-refractivity contribution in [2.45, 2.75) is 19.3 Å². The van der Waals surface area contributed by atoms with Gasteiger partial charge in [0.25, 0.3) is 5.91 Å². The molecule has 2 heterocycles. The van der Waals surface area contributed by atoms with Crippen molar-refractivity contribution in [3.05, 3.63) is 47.2 Å². The normalized spacial score (nSPS) is 16.4. The molecule has 0 fully saturated rings. The van der Waals surface area contributed by atoms with Crippen LogP contribution in [0.2, 0.25) is 0 Å². The second-order valence-electron chi connectivity index (χ2n) is 5.65. The number of benzene rings is 1. The average molecular weight is 269 g/mol. The molecule has 3 rings (SSSR count). The molecule has 1 aromatic carbocycles. The third-order valence-corrected chi connectivity index (χ3v) is 3.71. The lowest BCUT2D eigenvalue weighted by Crippen LogP contribution is -2.43. The van der Waals surface area contributed by atoms with Crippen LogP contribution < -0.4 is 5.32 Å². The Morgan fingerprint density at radius 1 is 1.25 bits per heavy atom. The lowest BCUT2D eigenvalue weighted by atomic mass is 9.78. The topological polar surface area (TPSA) is 59.3 Å². The maximum absolute atomic E-state index is 12.0. The van der Waals surface area contributed by atoms with E-state index in [1.807, 2.05) is 18.2 Å². The first-order valence-corrected chi connectivity index (χ1v) is 6.49. The first-order valence-electron chi connectivity index (χ1n) is 6.49. The Labute approximate surface area is 116 Å². The molecule has 1 N–H and O–H groups in total. The molecule has 0 spiro atoms. The van der Waals surface area contributed by atoms with Gasteiger partial charge in [0.05, 0.1) is 0 Å². The Balaban J connectivity index is 2.10. The molecule has 0 aliphatic carbocycles. The molecule has 4 heteroatoms. The van der Waals surface area contributed by atoms with Crippen LogP contribution in [0.4, 0.5) is 0 Å². The van der Waals surface area contributed by atoms with Crippen molar-refractivity contribution >= 4 is 12.2 Å². The van der Waals surface area contributed by atoms with E-state index in [-0.39, 0.29) is 17.1 Å². The van der Waals surface area contributed by atoms with Gasteiger partial charge in [-0.2, -0.15) is 0 Å². The van der Waals surface area contributed by atoms with E-state index in [0.29, 0.717) is 24.2 Å². The van der Waals surface area contributed by atoms with Gasteiger partial charge in [0.2, 0.25) is 0 Å². The zero-order valence-corrected chi connectivity index (χ0v) is 11.4. The van der Waals surface area contributed by atoms with E-state index in [1.165, 1.54) is 0 Å². The van der Waals surface area contributed by atoms with Gasteiger partial charge in [-0.05, 0) is 23.8 Å². The van der Waals surface area contributed by atoms with E-state index in [2.05, 4.69) is 19.2 Å². The van der Waals surface area contributed by atoms with Crippen LogP contribution in [0.1, 0.15) is 40.3 Å². The Hall–Kier alpha value is -2.36.